The highest BCUT2D eigenvalue weighted by Crippen LogP contribution is 2.32. The Morgan fingerprint density at radius 1 is 1.32 bits per heavy atom. The van der Waals surface area contributed by atoms with Gasteiger partial charge in [0.2, 0.25) is 0 Å². The largest absolute Gasteiger partial charge is 0.497 e. The molecule has 3 aromatic rings. The Balaban J connectivity index is 1.56. The van der Waals surface area contributed by atoms with Crippen molar-refractivity contribution in [2.45, 2.75) is 12.8 Å². The highest BCUT2D eigenvalue weighted by Gasteiger charge is 2.22. The molecule has 1 aliphatic heterocycles. The maximum absolute atomic E-state index is 5.92. The summed E-state index contributed by atoms with van der Waals surface area (Å²) in [5.41, 5.74) is 2.37. The first-order valence-corrected chi connectivity index (χ1v) is 8.18. The predicted octanol–water partition coefficient (Wildman–Crippen LogP) is 3.49. The van der Waals surface area contributed by atoms with Crippen LogP contribution >= 0.6 is 11.3 Å². The zero-order valence-corrected chi connectivity index (χ0v) is 13.1. The van der Waals surface area contributed by atoms with Crippen molar-refractivity contribution in [1.29, 1.82) is 0 Å². The van der Waals surface area contributed by atoms with E-state index in [2.05, 4.69) is 27.5 Å². The molecule has 0 amide bonds. The summed E-state index contributed by atoms with van der Waals surface area (Å²) < 4.78 is 11.2. The third-order valence-electron chi connectivity index (χ3n) is 4.08. The van der Waals surface area contributed by atoms with Crippen molar-refractivity contribution in [3.8, 4) is 11.5 Å². The summed E-state index contributed by atoms with van der Waals surface area (Å²) in [5.74, 6) is 2.23. The molecule has 0 aliphatic carbocycles. The van der Waals surface area contributed by atoms with Crippen LogP contribution in [0.25, 0.3) is 10.2 Å². The Morgan fingerprint density at radius 3 is 3.18 bits per heavy atom. The van der Waals surface area contributed by atoms with E-state index in [9.17, 15) is 0 Å². The molecule has 0 N–H and O–H groups in total. The molecule has 0 saturated heterocycles. The minimum Gasteiger partial charge on any atom is -0.497 e. The van der Waals surface area contributed by atoms with Crippen LogP contribution in [0.2, 0.25) is 0 Å². The quantitative estimate of drug-likeness (QED) is 0.742. The lowest BCUT2D eigenvalue weighted by molar-refractivity contribution is 0.220. The molecule has 0 radical (unpaired) electrons. The van der Waals surface area contributed by atoms with Crippen molar-refractivity contribution in [3.63, 3.8) is 0 Å². The van der Waals surface area contributed by atoms with Gasteiger partial charge in [-0.05, 0) is 35.9 Å². The fourth-order valence-electron chi connectivity index (χ4n) is 2.95. The topological polar surface area (TPSA) is 44.2 Å². The van der Waals surface area contributed by atoms with E-state index in [1.54, 1.807) is 24.8 Å². The van der Waals surface area contributed by atoms with Crippen molar-refractivity contribution in [3.05, 3.63) is 47.2 Å². The number of thiophene rings is 1. The minimum atomic E-state index is 0.443. The number of hydrogen-bond acceptors (Lipinski definition) is 5. The third-order valence-corrected chi connectivity index (χ3v) is 4.90. The standard InChI is InChI=1S/C17H16N2O2S/c1-20-13-3-2-12-6-11(9-21-16(12)8-13)7-15-14-4-5-22-17(14)19-10-18-15/h2-5,8,10-11H,6-7,9H2,1H3. The zero-order valence-electron chi connectivity index (χ0n) is 12.3. The van der Waals surface area contributed by atoms with Crippen LogP contribution in [-0.4, -0.2) is 23.7 Å². The molecule has 112 valence electrons. The van der Waals surface area contributed by atoms with Gasteiger partial charge >= 0.3 is 0 Å². The first kappa shape index (κ1) is 13.5. The van der Waals surface area contributed by atoms with Crippen LogP contribution in [0.1, 0.15) is 11.3 Å². The van der Waals surface area contributed by atoms with Crippen LogP contribution in [0, 0.1) is 5.92 Å². The van der Waals surface area contributed by atoms with Crippen LogP contribution in [0.5, 0.6) is 11.5 Å². The monoisotopic (exact) mass is 312 g/mol. The van der Waals surface area contributed by atoms with Gasteiger partial charge in [0.1, 0.15) is 22.7 Å². The predicted molar refractivity (Wildman–Crippen MR) is 86.8 cm³/mol. The molecule has 1 aromatic carbocycles. The normalized spacial score (nSPS) is 17.0. The second kappa shape index (κ2) is 5.57. The minimum absolute atomic E-state index is 0.443. The summed E-state index contributed by atoms with van der Waals surface area (Å²) in [6.45, 7) is 0.718. The second-order valence-corrected chi connectivity index (χ2v) is 6.41. The number of methoxy groups -OCH3 is 1. The van der Waals surface area contributed by atoms with Crippen LogP contribution in [0.4, 0.5) is 0 Å². The van der Waals surface area contributed by atoms with Crippen LogP contribution < -0.4 is 9.47 Å². The van der Waals surface area contributed by atoms with Gasteiger partial charge in [-0.15, -0.1) is 11.3 Å². The van der Waals surface area contributed by atoms with E-state index in [-0.39, 0.29) is 0 Å². The summed E-state index contributed by atoms with van der Waals surface area (Å²) in [6, 6.07) is 8.16. The van der Waals surface area contributed by atoms with Gasteiger partial charge in [-0.2, -0.15) is 0 Å². The van der Waals surface area contributed by atoms with Crippen molar-refractivity contribution in [2.75, 3.05) is 13.7 Å². The first-order valence-electron chi connectivity index (χ1n) is 7.30. The summed E-state index contributed by atoms with van der Waals surface area (Å²) in [7, 11) is 1.68. The lowest BCUT2D eigenvalue weighted by Crippen LogP contribution is -2.23. The fraction of sp³-hybridized carbons (Fsp3) is 0.294. The molecule has 3 heterocycles. The molecule has 0 spiro atoms. The lowest BCUT2D eigenvalue weighted by Gasteiger charge is -2.25. The summed E-state index contributed by atoms with van der Waals surface area (Å²) in [6.07, 6.45) is 3.59. The maximum Gasteiger partial charge on any atom is 0.126 e. The summed E-state index contributed by atoms with van der Waals surface area (Å²) >= 11 is 1.66. The number of fused-ring (bicyclic) bond motifs is 2. The van der Waals surface area contributed by atoms with Gasteiger partial charge < -0.3 is 9.47 Å². The van der Waals surface area contributed by atoms with Crippen LogP contribution in [0.3, 0.4) is 0 Å². The van der Waals surface area contributed by atoms with Crippen molar-refractivity contribution in [1.82, 2.24) is 9.97 Å². The molecule has 0 saturated carbocycles. The first-order chi connectivity index (χ1) is 10.8. The fourth-order valence-corrected chi connectivity index (χ4v) is 3.70. The number of aromatic nitrogens is 2. The smallest absolute Gasteiger partial charge is 0.126 e. The van der Waals surface area contributed by atoms with E-state index in [0.717, 1.165) is 41.5 Å². The SMILES string of the molecule is COc1ccc2c(c1)OCC(Cc1ncnc3sccc13)C2. The number of hydrogen-bond donors (Lipinski definition) is 0. The molecule has 22 heavy (non-hydrogen) atoms. The number of nitrogens with zero attached hydrogens (tertiary/aromatic N) is 2. The van der Waals surface area contributed by atoms with Gasteiger partial charge in [-0.25, -0.2) is 9.97 Å². The van der Waals surface area contributed by atoms with Gasteiger partial charge in [0, 0.05) is 17.4 Å². The number of rotatable bonds is 3. The van der Waals surface area contributed by atoms with Gasteiger partial charge in [-0.1, -0.05) is 6.07 Å². The maximum atomic E-state index is 5.92. The molecule has 0 fully saturated rings. The molecule has 1 unspecified atom stereocenters. The Bertz CT molecular complexity index is 815. The Labute approximate surface area is 132 Å². The molecular weight excluding hydrogens is 296 g/mol. The summed E-state index contributed by atoms with van der Waals surface area (Å²) in [5, 5.41) is 3.25. The molecule has 0 bridgehead atoms. The molecule has 1 aliphatic rings. The number of benzene rings is 1. The van der Waals surface area contributed by atoms with Gasteiger partial charge in [0.05, 0.1) is 19.4 Å². The lowest BCUT2D eigenvalue weighted by atomic mass is 9.92. The van der Waals surface area contributed by atoms with Gasteiger partial charge in [-0.3, -0.25) is 0 Å². The Morgan fingerprint density at radius 2 is 2.27 bits per heavy atom. The van der Waals surface area contributed by atoms with E-state index in [4.69, 9.17) is 9.47 Å². The summed E-state index contributed by atoms with van der Waals surface area (Å²) in [4.78, 5) is 9.85. The number of ether oxygens (including phenoxy) is 2. The van der Waals surface area contributed by atoms with E-state index in [1.165, 1.54) is 10.9 Å². The highest BCUT2D eigenvalue weighted by molar-refractivity contribution is 7.16. The van der Waals surface area contributed by atoms with Crippen molar-refractivity contribution in [2.24, 2.45) is 5.92 Å². The Hall–Kier alpha value is -2.14. The van der Waals surface area contributed by atoms with E-state index in [0.29, 0.717) is 5.92 Å². The second-order valence-electron chi connectivity index (χ2n) is 5.52. The van der Waals surface area contributed by atoms with E-state index in [1.807, 2.05) is 12.1 Å². The third kappa shape index (κ3) is 2.41. The molecule has 2 aromatic heterocycles. The molecule has 4 nitrogen and oxygen atoms in total. The molecule has 4 rings (SSSR count). The Kier molecular flexibility index (Phi) is 3.42. The zero-order chi connectivity index (χ0) is 14.9. The van der Waals surface area contributed by atoms with Gasteiger partial charge in [0.15, 0.2) is 0 Å². The molecular formula is C17H16N2O2S. The van der Waals surface area contributed by atoms with Crippen molar-refractivity contribution < 1.29 is 9.47 Å². The highest BCUT2D eigenvalue weighted by atomic mass is 32.1. The van der Waals surface area contributed by atoms with Crippen molar-refractivity contribution >= 4 is 21.6 Å². The molecule has 1 atom stereocenters. The van der Waals surface area contributed by atoms with Gasteiger partial charge in [0.25, 0.3) is 0 Å². The molecule has 5 heteroatoms. The van der Waals surface area contributed by atoms with E-state index < -0.39 is 0 Å². The average Bonchev–Trinajstić information content (AvgIpc) is 3.04. The van der Waals surface area contributed by atoms with Crippen LogP contribution in [-0.2, 0) is 12.8 Å². The average molecular weight is 312 g/mol. The van der Waals surface area contributed by atoms with E-state index >= 15 is 0 Å². The van der Waals surface area contributed by atoms with Crippen LogP contribution in [0.15, 0.2) is 36.0 Å².